The van der Waals surface area contributed by atoms with Crippen molar-refractivity contribution in [2.75, 3.05) is 13.1 Å². The van der Waals surface area contributed by atoms with Gasteiger partial charge in [0.2, 0.25) is 5.69 Å². The van der Waals surface area contributed by atoms with Gasteiger partial charge in [-0.15, -0.1) is 0 Å². The van der Waals surface area contributed by atoms with Crippen LogP contribution in [0.5, 0.6) is 5.88 Å². The number of likely N-dealkylation sites (tertiary alicyclic amines) is 1. The second-order valence-electron chi connectivity index (χ2n) is 6.09. The molecule has 2 aromatic heterocycles. The summed E-state index contributed by atoms with van der Waals surface area (Å²) in [5.74, 6) is 0.169. The van der Waals surface area contributed by atoms with Crippen LogP contribution in [-0.2, 0) is 0 Å². The van der Waals surface area contributed by atoms with E-state index < -0.39 is 0 Å². The smallest absolute Gasteiger partial charge is 0.254 e. The highest BCUT2D eigenvalue weighted by molar-refractivity contribution is 5.97. The number of rotatable bonds is 3. The van der Waals surface area contributed by atoms with Crippen LogP contribution in [-0.4, -0.2) is 49.9 Å². The zero-order chi connectivity index (χ0) is 17.9. The van der Waals surface area contributed by atoms with E-state index in [1.54, 1.807) is 17.3 Å². The maximum absolute atomic E-state index is 12.8. The zero-order valence-electron chi connectivity index (χ0n) is 13.9. The van der Waals surface area contributed by atoms with Crippen molar-refractivity contribution in [3.8, 4) is 11.9 Å². The number of benzene rings is 1. The molecule has 0 aliphatic carbocycles. The fourth-order valence-electron chi connectivity index (χ4n) is 3.12. The third-order valence-electron chi connectivity index (χ3n) is 4.38. The standard InChI is InChI=1S/C18H16N6O2/c19-9-16-17(21-6-5-20-16)26-13-2-1-7-24(10-13)18(25)12-3-4-14-15(8-12)23-11-22-14/h3-6,8,11,13H,1-2,7,10H2,(H,22,23)/t13-/m0/s1. The zero-order valence-corrected chi connectivity index (χ0v) is 13.9. The van der Waals surface area contributed by atoms with Crippen molar-refractivity contribution < 1.29 is 9.53 Å². The normalized spacial score (nSPS) is 17.0. The van der Waals surface area contributed by atoms with Crippen LogP contribution >= 0.6 is 0 Å². The lowest BCUT2D eigenvalue weighted by molar-refractivity contribution is 0.0526. The van der Waals surface area contributed by atoms with Crippen molar-refractivity contribution in [1.82, 2.24) is 24.8 Å². The molecule has 1 fully saturated rings. The van der Waals surface area contributed by atoms with Gasteiger partial charge in [0.05, 0.1) is 23.9 Å². The molecule has 3 heterocycles. The average Bonchev–Trinajstić information content (AvgIpc) is 3.16. The third kappa shape index (κ3) is 3.07. The van der Waals surface area contributed by atoms with E-state index in [9.17, 15) is 4.79 Å². The van der Waals surface area contributed by atoms with Crippen molar-refractivity contribution in [3.63, 3.8) is 0 Å². The Hall–Kier alpha value is -3.47. The van der Waals surface area contributed by atoms with Crippen LogP contribution in [0.4, 0.5) is 0 Å². The lowest BCUT2D eigenvalue weighted by atomic mass is 10.1. The quantitative estimate of drug-likeness (QED) is 0.774. The number of aromatic nitrogens is 4. The molecule has 0 radical (unpaired) electrons. The number of nitriles is 1. The van der Waals surface area contributed by atoms with Gasteiger partial charge in [0, 0.05) is 24.5 Å². The molecule has 0 bridgehead atoms. The molecule has 26 heavy (non-hydrogen) atoms. The van der Waals surface area contributed by atoms with Gasteiger partial charge in [-0.05, 0) is 31.0 Å². The van der Waals surface area contributed by atoms with E-state index in [2.05, 4.69) is 19.9 Å². The molecule has 130 valence electrons. The largest absolute Gasteiger partial charge is 0.470 e. The summed E-state index contributed by atoms with van der Waals surface area (Å²) < 4.78 is 5.85. The minimum absolute atomic E-state index is 0.0468. The summed E-state index contributed by atoms with van der Waals surface area (Å²) in [4.78, 5) is 29.8. The number of nitrogens with zero attached hydrogens (tertiary/aromatic N) is 5. The van der Waals surface area contributed by atoms with Gasteiger partial charge in [-0.1, -0.05) is 0 Å². The fraction of sp³-hybridized carbons (Fsp3) is 0.278. The lowest BCUT2D eigenvalue weighted by Gasteiger charge is -2.32. The fourth-order valence-corrected chi connectivity index (χ4v) is 3.12. The molecule has 1 aliphatic rings. The van der Waals surface area contributed by atoms with E-state index in [-0.39, 0.29) is 23.6 Å². The summed E-state index contributed by atoms with van der Waals surface area (Å²) in [6.45, 7) is 1.12. The van der Waals surface area contributed by atoms with Crippen molar-refractivity contribution in [2.24, 2.45) is 0 Å². The Morgan fingerprint density at radius 1 is 1.31 bits per heavy atom. The number of hydrogen-bond acceptors (Lipinski definition) is 6. The molecule has 4 rings (SSSR count). The highest BCUT2D eigenvalue weighted by atomic mass is 16.5. The summed E-state index contributed by atoms with van der Waals surface area (Å²) in [6.07, 6.45) is 5.95. The molecular weight excluding hydrogens is 332 g/mol. The van der Waals surface area contributed by atoms with E-state index in [1.165, 1.54) is 12.4 Å². The number of nitrogens with one attached hydrogen (secondary N) is 1. The predicted molar refractivity (Wildman–Crippen MR) is 92.4 cm³/mol. The third-order valence-corrected chi connectivity index (χ3v) is 4.38. The second kappa shape index (κ2) is 6.80. The number of amides is 1. The van der Waals surface area contributed by atoms with Gasteiger partial charge >= 0.3 is 0 Å². The Morgan fingerprint density at radius 3 is 3.08 bits per heavy atom. The van der Waals surface area contributed by atoms with Gasteiger partial charge in [-0.3, -0.25) is 4.79 Å². The Morgan fingerprint density at radius 2 is 2.19 bits per heavy atom. The Bertz CT molecular complexity index is 993. The number of carbonyl (C=O) groups excluding carboxylic acids is 1. The summed E-state index contributed by atoms with van der Waals surface area (Å²) >= 11 is 0. The van der Waals surface area contributed by atoms with Crippen LogP contribution in [0.25, 0.3) is 11.0 Å². The molecule has 0 spiro atoms. The van der Waals surface area contributed by atoms with Crippen molar-refractivity contribution in [3.05, 3.63) is 48.2 Å². The Labute approximate surface area is 149 Å². The predicted octanol–water partition coefficient (Wildman–Crippen LogP) is 1.91. The second-order valence-corrected chi connectivity index (χ2v) is 6.09. The molecule has 3 aromatic rings. The van der Waals surface area contributed by atoms with Crippen LogP contribution in [0.2, 0.25) is 0 Å². The van der Waals surface area contributed by atoms with Crippen LogP contribution in [0.3, 0.4) is 0 Å². The molecule has 1 atom stereocenters. The molecular formula is C18H16N6O2. The van der Waals surface area contributed by atoms with Crippen molar-refractivity contribution >= 4 is 16.9 Å². The minimum atomic E-state index is -0.215. The first kappa shape index (κ1) is 16.0. The van der Waals surface area contributed by atoms with Gasteiger partial charge in [-0.2, -0.15) is 5.26 Å². The van der Waals surface area contributed by atoms with Gasteiger partial charge in [0.25, 0.3) is 11.8 Å². The summed E-state index contributed by atoms with van der Waals surface area (Å²) in [5, 5.41) is 9.10. The number of piperidine rings is 1. The lowest BCUT2D eigenvalue weighted by Crippen LogP contribution is -2.44. The number of ether oxygens (including phenoxy) is 1. The number of H-pyrrole nitrogens is 1. The molecule has 0 unspecified atom stereocenters. The first-order valence-electron chi connectivity index (χ1n) is 8.35. The SMILES string of the molecule is N#Cc1nccnc1O[C@H]1CCCN(C(=O)c2ccc3nc[nH]c3c2)C1. The highest BCUT2D eigenvalue weighted by Gasteiger charge is 2.27. The van der Waals surface area contributed by atoms with E-state index in [0.29, 0.717) is 18.7 Å². The van der Waals surface area contributed by atoms with Gasteiger partial charge < -0.3 is 14.6 Å². The molecule has 8 nitrogen and oxygen atoms in total. The maximum atomic E-state index is 12.8. The molecule has 8 heteroatoms. The number of fused-ring (bicyclic) bond motifs is 1. The van der Waals surface area contributed by atoms with E-state index >= 15 is 0 Å². The number of hydrogen-bond donors (Lipinski definition) is 1. The van der Waals surface area contributed by atoms with Gasteiger partial charge in [0.1, 0.15) is 12.2 Å². The van der Waals surface area contributed by atoms with Crippen LogP contribution in [0.1, 0.15) is 28.9 Å². The number of imidazole rings is 1. The monoisotopic (exact) mass is 348 g/mol. The van der Waals surface area contributed by atoms with Crippen molar-refractivity contribution in [1.29, 1.82) is 5.26 Å². The average molecular weight is 348 g/mol. The van der Waals surface area contributed by atoms with Gasteiger partial charge in [0.15, 0.2) is 0 Å². The van der Waals surface area contributed by atoms with Crippen molar-refractivity contribution in [2.45, 2.75) is 18.9 Å². The number of carbonyl (C=O) groups is 1. The highest BCUT2D eigenvalue weighted by Crippen LogP contribution is 2.21. The summed E-state index contributed by atoms with van der Waals surface area (Å²) in [6, 6.07) is 7.40. The van der Waals surface area contributed by atoms with E-state index in [1.807, 2.05) is 18.2 Å². The first-order chi connectivity index (χ1) is 12.7. The molecule has 1 N–H and O–H groups in total. The van der Waals surface area contributed by atoms with Crippen LogP contribution in [0.15, 0.2) is 36.9 Å². The minimum Gasteiger partial charge on any atom is -0.470 e. The molecule has 0 saturated carbocycles. The van der Waals surface area contributed by atoms with Crippen LogP contribution in [0, 0.1) is 11.3 Å². The first-order valence-corrected chi connectivity index (χ1v) is 8.35. The molecule has 1 amide bonds. The number of aromatic amines is 1. The van der Waals surface area contributed by atoms with E-state index in [4.69, 9.17) is 10.00 Å². The summed E-state index contributed by atoms with van der Waals surface area (Å²) in [5.41, 5.74) is 2.42. The summed E-state index contributed by atoms with van der Waals surface area (Å²) in [7, 11) is 0. The van der Waals surface area contributed by atoms with Crippen LogP contribution < -0.4 is 4.74 Å². The van der Waals surface area contributed by atoms with Gasteiger partial charge in [-0.25, -0.2) is 15.0 Å². The van der Waals surface area contributed by atoms with E-state index in [0.717, 1.165) is 23.9 Å². The maximum Gasteiger partial charge on any atom is 0.254 e. The molecule has 1 saturated heterocycles. The molecule has 1 aromatic carbocycles. The molecule has 1 aliphatic heterocycles. The Kier molecular flexibility index (Phi) is 4.19. The topological polar surface area (TPSA) is 108 Å². The Balaban J connectivity index is 1.49.